The second-order valence-corrected chi connectivity index (χ2v) is 6.76. The second-order valence-electron chi connectivity index (χ2n) is 5.56. The van der Waals surface area contributed by atoms with Gasteiger partial charge >= 0.3 is 0 Å². The molecule has 3 nitrogen and oxygen atoms in total. The molecule has 2 rings (SSSR count). The maximum Gasteiger partial charge on any atom is 0.0859 e. The quantitative estimate of drug-likeness (QED) is 0.908. The van der Waals surface area contributed by atoms with E-state index in [1.807, 2.05) is 6.07 Å². The number of rotatable bonds is 4. The molecule has 0 radical (unpaired) electrons. The molecule has 18 heavy (non-hydrogen) atoms. The van der Waals surface area contributed by atoms with Crippen molar-refractivity contribution in [3.63, 3.8) is 0 Å². The molecule has 1 saturated heterocycles. The fourth-order valence-electron chi connectivity index (χ4n) is 2.70. The van der Waals surface area contributed by atoms with E-state index in [-0.39, 0.29) is 0 Å². The third kappa shape index (κ3) is 3.46. The SMILES string of the molecule is CC(Cc1ccc(N)s1)N(C)C1CCN(C)CC1. The molecule has 2 N–H and O–H groups in total. The van der Waals surface area contributed by atoms with Gasteiger partial charge in [0.1, 0.15) is 0 Å². The van der Waals surface area contributed by atoms with Gasteiger partial charge in [-0.05, 0) is 65.5 Å². The van der Waals surface area contributed by atoms with Crippen LogP contribution in [0.5, 0.6) is 0 Å². The van der Waals surface area contributed by atoms with Gasteiger partial charge in [-0.2, -0.15) is 0 Å². The summed E-state index contributed by atoms with van der Waals surface area (Å²) in [6.45, 7) is 4.79. The van der Waals surface area contributed by atoms with Crippen LogP contribution < -0.4 is 5.73 Å². The molecular formula is C14H25N3S. The number of nitrogen functional groups attached to an aromatic ring is 1. The van der Waals surface area contributed by atoms with Crippen LogP contribution in [0.4, 0.5) is 5.00 Å². The Hall–Kier alpha value is -0.580. The van der Waals surface area contributed by atoms with Crippen LogP contribution in [0, 0.1) is 0 Å². The summed E-state index contributed by atoms with van der Waals surface area (Å²) in [5, 5.41) is 0.930. The van der Waals surface area contributed by atoms with Gasteiger partial charge in [0.05, 0.1) is 5.00 Å². The van der Waals surface area contributed by atoms with Crippen LogP contribution in [0.1, 0.15) is 24.6 Å². The molecule has 0 aromatic carbocycles. The molecule has 1 aromatic rings. The van der Waals surface area contributed by atoms with Crippen molar-refractivity contribution in [2.24, 2.45) is 0 Å². The number of piperidine rings is 1. The maximum absolute atomic E-state index is 5.79. The Bertz CT molecular complexity index is 369. The Balaban J connectivity index is 1.86. The number of anilines is 1. The van der Waals surface area contributed by atoms with E-state index in [4.69, 9.17) is 5.73 Å². The number of likely N-dealkylation sites (N-methyl/N-ethyl adjacent to an activating group) is 1. The van der Waals surface area contributed by atoms with E-state index < -0.39 is 0 Å². The summed E-state index contributed by atoms with van der Waals surface area (Å²) in [6, 6.07) is 5.52. The van der Waals surface area contributed by atoms with Gasteiger partial charge in [0.15, 0.2) is 0 Å². The van der Waals surface area contributed by atoms with Crippen molar-refractivity contribution in [2.45, 2.75) is 38.3 Å². The summed E-state index contributed by atoms with van der Waals surface area (Å²) in [5.41, 5.74) is 5.79. The van der Waals surface area contributed by atoms with Crippen LogP contribution in [0.3, 0.4) is 0 Å². The van der Waals surface area contributed by atoms with Gasteiger partial charge in [-0.1, -0.05) is 0 Å². The minimum Gasteiger partial charge on any atom is -0.391 e. The van der Waals surface area contributed by atoms with Crippen molar-refractivity contribution in [1.82, 2.24) is 9.80 Å². The lowest BCUT2D eigenvalue weighted by atomic mass is 10.0. The first-order chi connectivity index (χ1) is 8.56. The van der Waals surface area contributed by atoms with Crippen LogP contribution in [0.15, 0.2) is 12.1 Å². The van der Waals surface area contributed by atoms with Gasteiger partial charge < -0.3 is 15.5 Å². The van der Waals surface area contributed by atoms with E-state index in [2.05, 4.69) is 36.9 Å². The smallest absolute Gasteiger partial charge is 0.0859 e. The van der Waals surface area contributed by atoms with Crippen molar-refractivity contribution >= 4 is 16.3 Å². The third-order valence-corrected chi connectivity index (χ3v) is 5.08. The molecule has 1 fully saturated rings. The number of nitrogens with zero attached hydrogens (tertiary/aromatic N) is 2. The van der Waals surface area contributed by atoms with E-state index in [0.717, 1.165) is 17.5 Å². The highest BCUT2D eigenvalue weighted by Gasteiger charge is 2.23. The average molecular weight is 267 g/mol. The fourth-order valence-corrected chi connectivity index (χ4v) is 3.60. The van der Waals surface area contributed by atoms with Crippen molar-refractivity contribution in [3.05, 3.63) is 17.0 Å². The van der Waals surface area contributed by atoms with Gasteiger partial charge in [-0.15, -0.1) is 11.3 Å². The lowest BCUT2D eigenvalue weighted by Crippen LogP contribution is -2.45. The average Bonchev–Trinajstić information content (AvgIpc) is 2.75. The molecule has 4 heteroatoms. The van der Waals surface area contributed by atoms with E-state index in [1.54, 1.807) is 11.3 Å². The molecule has 1 atom stereocenters. The van der Waals surface area contributed by atoms with Gasteiger partial charge in [0.2, 0.25) is 0 Å². The molecule has 0 spiro atoms. The molecule has 1 aliphatic heterocycles. The molecule has 0 saturated carbocycles. The minimum absolute atomic E-state index is 0.594. The molecule has 102 valence electrons. The minimum atomic E-state index is 0.594. The standard InChI is InChI=1S/C14H25N3S/c1-11(10-13-4-5-14(15)18-13)17(3)12-6-8-16(2)9-7-12/h4-5,11-12H,6-10,15H2,1-3H3. The second kappa shape index (κ2) is 6.04. The zero-order valence-corrected chi connectivity index (χ0v) is 12.5. The highest BCUT2D eigenvalue weighted by molar-refractivity contribution is 7.15. The molecule has 1 aromatic heterocycles. The molecule has 0 amide bonds. The molecule has 2 heterocycles. The number of thiophene rings is 1. The molecule has 1 aliphatic rings. The van der Waals surface area contributed by atoms with Crippen LogP contribution in [0.25, 0.3) is 0 Å². The van der Waals surface area contributed by atoms with Crippen LogP contribution in [-0.4, -0.2) is 49.1 Å². The van der Waals surface area contributed by atoms with Crippen molar-refractivity contribution in [1.29, 1.82) is 0 Å². The normalized spacial score (nSPS) is 20.4. The van der Waals surface area contributed by atoms with Crippen LogP contribution >= 0.6 is 11.3 Å². The number of hydrogen-bond acceptors (Lipinski definition) is 4. The van der Waals surface area contributed by atoms with Gasteiger partial charge in [0.25, 0.3) is 0 Å². The topological polar surface area (TPSA) is 32.5 Å². The van der Waals surface area contributed by atoms with E-state index >= 15 is 0 Å². The predicted octanol–water partition coefficient (Wildman–Crippen LogP) is 2.29. The summed E-state index contributed by atoms with van der Waals surface area (Å²) in [6.07, 6.45) is 3.71. The monoisotopic (exact) mass is 267 g/mol. The third-order valence-electron chi connectivity index (χ3n) is 4.14. The van der Waals surface area contributed by atoms with Gasteiger partial charge in [0, 0.05) is 17.0 Å². The van der Waals surface area contributed by atoms with Crippen LogP contribution in [0.2, 0.25) is 0 Å². The van der Waals surface area contributed by atoms with Crippen LogP contribution in [-0.2, 0) is 6.42 Å². The lowest BCUT2D eigenvalue weighted by molar-refractivity contribution is 0.114. The summed E-state index contributed by atoms with van der Waals surface area (Å²) in [4.78, 5) is 6.39. The summed E-state index contributed by atoms with van der Waals surface area (Å²) in [5.74, 6) is 0. The van der Waals surface area contributed by atoms with E-state index in [9.17, 15) is 0 Å². The Kier molecular flexibility index (Phi) is 4.65. The predicted molar refractivity (Wildman–Crippen MR) is 80.2 cm³/mol. The highest BCUT2D eigenvalue weighted by Crippen LogP contribution is 2.23. The Morgan fingerprint density at radius 2 is 2.11 bits per heavy atom. The van der Waals surface area contributed by atoms with E-state index in [0.29, 0.717) is 6.04 Å². The summed E-state index contributed by atoms with van der Waals surface area (Å²) >= 11 is 1.72. The van der Waals surface area contributed by atoms with Crippen molar-refractivity contribution in [2.75, 3.05) is 32.9 Å². The van der Waals surface area contributed by atoms with E-state index in [1.165, 1.54) is 30.8 Å². The fraction of sp³-hybridized carbons (Fsp3) is 0.714. The lowest BCUT2D eigenvalue weighted by Gasteiger charge is -2.38. The zero-order valence-electron chi connectivity index (χ0n) is 11.7. The number of likely N-dealkylation sites (tertiary alicyclic amines) is 1. The van der Waals surface area contributed by atoms with Gasteiger partial charge in [-0.3, -0.25) is 0 Å². The van der Waals surface area contributed by atoms with Gasteiger partial charge in [-0.25, -0.2) is 0 Å². The largest absolute Gasteiger partial charge is 0.391 e. The Labute approximate surface area is 115 Å². The first-order valence-electron chi connectivity index (χ1n) is 6.81. The summed E-state index contributed by atoms with van der Waals surface area (Å²) in [7, 11) is 4.49. The van der Waals surface area contributed by atoms with Crippen molar-refractivity contribution in [3.8, 4) is 0 Å². The summed E-state index contributed by atoms with van der Waals surface area (Å²) < 4.78 is 0. The first-order valence-corrected chi connectivity index (χ1v) is 7.62. The zero-order chi connectivity index (χ0) is 13.1. The molecular weight excluding hydrogens is 242 g/mol. The number of hydrogen-bond donors (Lipinski definition) is 1. The molecule has 0 bridgehead atoms. The highest BCUT2D eigenvalue weighted by atomic mass is 32.1. The Morgan fingerprint density at radius 3 is 2.67 bits per heavy atom. The maximum atomic E-state index is 5.79. The van der Waals surface area contributed by atoms with Crippen molar-refractivity contribution < 1.29 is 0 Å². The Morgan fingerprint density at radius 1 is 1.44 bits per heavy atom. The number of nitrogens with two attached hydrogens (primary N) is 1. The molecule has 1 unspecified atom stereocenters. The molecule has 0 aliphatic carbocycles. The first kappa shape index (κ1) is 13.8.